The minimum Gasteiger partial charge on any atom is -0.382 e. The molecular weight excluding hydrogens is 597 g/mol. The van der Waals surface area contributed by atoms with Crippen LogP contribution in [0.3, 0.4) is 0 Å². The molecule has 46 heavy (non-hydrogen) atoms. The zero-order valence-electron chi connectivity index (χ0n) is 28.8. The number of fused-ring (bicyclic) bond motifs is 2. The van der Waals surface area contributed by atoms with E-state index in [0.29, 0.717) is 19.8 Å². The minimum atomic E-state index is -1.26. The van der Waals surface area contributed by atoms with Gasteiger partial charge in [-0.2, -0.15) is 5.26 Å². The molecule has 10 heteroatoms. The fraction of sp³-hybridized carbons (Fsp3) is 0.639. The van der Waals surface area contributed by atoms with Crippen LogP contribution < -0.4 is 5.32 Å². The van der Waals surface area contributed by atoms with Gasteiger partial charge in [0.15, 0.2) is 5.69 Å². The van der Waals surface area contributed by atoms with Gasteiger partial charge >= 0.3 is 0 Å². The Morgan fingerprint density at radius 2 is 1.83 bits per heavy atom. The van der Waals surface area contributed by atoms with Crippen LogP contribution in [0.1, 0.15) is 92.2 Å². The minimum absolute atomic E-state index is 0.169. The van der Waals surface area contributed by atoms with Gasteiger partial charge in [0.1, 0.15) is 12.8 Å². The highest BCUT2D eigenvalue weighted by Gasteiger charge is 2.55. The van der Waals surface area contributed by atoms with Crippen molar-refractivity contribution in [1.29, 1.82) is 5.26 Å². The molecule has 2 bridgehead atoms. The number of hydrogen-bond donors (Lipinski definition) is 1. The number of methoxy groups -OCH3 is 2. The van der Waals surface area contributed by atoms with E-state index in [0.717, 1.165) is 62.2 Å². The number of allylic oxidation sites excluding steroid dienone is 2. The molecule has 5 rings (SSSR count). The van der Waals surface area contributed by atoms with Crippen LogP contribution in [0.15, 0.2) is 30.5 Å². The van der Waals surface area contributed by atoms with Gasteiger partial charge < -0.3 is 28.8 Å². The summed E-state index contributed by atoms with van der Waals surface area (Å²) in [7, 11) is 2.23. The van der Waals surface area contributed by atoms with Gasteiger partial charge in [0.2, 0.25) is 5.82 Å². The average Bonchev–Trinajstić information content (AvgIpc) is 3.53. The molecule has 1 N–H and O–H groups in total. The lowest BCUT2D eigenvalue weighted by Gasteiger charge is -2.44. The Hall–Kier alpha value is -2.81. The quantitative estimate of drug-likeness (QED) is 0.178. The number of carbonyl (C=O) groups is 1. The number of anilines is 1. The maximum Gasteiger partial charge on any atom is 0.291 e. The van der Waals surface area contributed by atoms with E-state index in [2.05, 4.69) is 68.1 Å². The monoisotopic (exact) mass is 648 g/mol. The van der Waals surface area contributed by atoms with Crippen LogP contribution in [0, 0.1) is 16.7 Å². The van der Waals surface area contributed by atoms with Crippen molar-refractivity contribution in [3.8, 4) is 6.07 Å². The molecule has 1 aromatic carbocycles. The molecular formula is C36H52N4O5Si. The van der Waals surface area contributed by atoms with Crippen molar-refractivity contribution in [2.24, 2.45) is 5.41 Å². The van der Waals surface area contributed by atoms with Crippen molar-refractivity contribution < 1.29 is 23.7 Å². The van der Waals surface area contributed by atoms with E-state index in [-0.39, 0.29) is 46.7 Å². The third-order valence-electron chi connectivity index (χ3n) is 9.92. The van der Waals surface area contributed by atoms with E-state index in [1.165, 1.54) is 11.1 Å². The first kappa shape index (κ1) is 34.5. The number of nitrogens with one attached hydrogen (secondary N) is 1. The molecule has 1 aliphatic carbocycles. The van der Waals surface area contributed by atoms with Gasteiger partial charge in [-0.15, -0.1) is 0 Å². The normalized spacial score (nSPS) is 25.6. The number of benzene rings is 1. The van der Waals surface area contributed by atoms with E-state index >= 15 is 0 Å². The van der Waals surface area contributed by atoms with Gasteiger partial charge in [-0.3, -0.25) is 4.79 Å². The number of rotatable bonds is 13. The van der Waals surface area contributed by atoms with Crippen molar-refractivity contribution in [3.05, 3.63) is 53.1 Å². The Morgan fingerprint density at radius 1 is 1.13 bits per heavy atom. The number of carbonyl (C=O) groups excluding carboxylic acids is 1. The van der Waals surface area contributed by atoms with Gasteiger partial charge in [0.25, 0.3) is 5.91 Å². The molecule has 250 valence electrons. The Kier molecular flexibility index (Phi) is 10.3. The molecule has 0 spiro atoms. The van der Waals surface area contributed by atoms with Crippen LogP contribution in [-0.4, -0.2) is 68.8 Å². The summed E-state index contributed by atoms with van der Waals surface area (Å²) >= 11 is 0. The zero-order chi connectivity index (χ0) is 33.2. The van der Waals surface area contributed by atoms with Crippen LogP contribution in [0.25, 0.3) is 5.57 Å². The molecule has 1 amide bonds. The topological polar surface area (TPSA) is 108 Å². The Labute approximate surface area is 275 Å². The first-order valence-electron chi connectivity index (χ1n) is 16.7. The summed E-state index contributed by atoms with van der Waals surface area (Å²) in [6.07, 6.45) is 10.6. The molecule has 2 aromatic rings. The second kappa shape index (κ2) is 13.7. The third-order valence-corrected chi connectivity index (χ3v) is 11.6. The summed E-state index contributed by atoms with van der Waals surface area (Å²) in [6, 6.07) is 9.56. The van der Waals surface area contributed by atoms with Gasteiger partial charge in [0.05, 0.1) is 24.4 Å². The fourth-order valence-electron chi connectivity index (χ4n) is 7.34. The molecule has 3 aliphatic rings. The summed E-state index contributed by atoms with van der Waals surface area (Å²) < 4.78 is 25.6. The van der Waals surface area contributed by atoms with E-state index in [4.69, 9.17) is 18.9 Å². The predicted molar refractivity (Wildman–Crippen MR) is 183 cm³/mol. The Bertz CT molecular complexity index is 1470. The molecule has 3 heterocycles. The highest BCUT2D eigenvalue weighted by atomic mass is 28.3. The van der Waals surface area contributed by atoms with E-state index in [9.17, 15) is 10.1 Å². The van der Waals surface area contributed by atoms with Crippen LogP contribution in [-0.2, 0) is 25.7 Å². The molecule has 9 nitrogen and oxygen atoms in total. The molecule has 1 aromatic heterocycles. The maximum absolute atomic E-state index is 13.8. The second-order valence-corrected chi connectivity index (χ2v) is 21.3. The van der Waals surface area contributed by atoms with Gasteiger partial charge in [0, 0.05) is 46.3 Å². The van der Waals surface area contributed by atoms with Crippen molar-refractivity contribution in [2.45, 2.75) is 108 Å². The van der Waals surface area contributed by atoms with Crippen molar-refractivity contribution in [1.82, 2.24) is 9.55 Å². The first-order valence-corrected chi connectivity index (χ1v) is 20.4. The lowest BCUT2D eigenvalue weighted by Crippen LogP contribution is -2.48. The Balaban J connectivity index is 1.44. The molecule has 0 radical (unpaired) electrons. The van der Waals surface area contributed by atoms with Crippen LogP contribution in [0.5, 0.6) is 0 Å². The van der Waals surface area contributed by atoms with Gasteiger partial charge in [-0.05, 0) is 85.6 Å². The SMILES string of the molecule is COC[C@@]12CC[C@@](COC)(CC(c3ccc(NC(=O)c4nc(C#N)cn4COCC[Si](C)(C)C)c(C4=CCC(C)(C)CC4)c3)C1)O2. The summed E-state index contributed by atoms with van der Waals surface area (Å²) in [6.45, 7) is 13.4. The van der Waals surface area contributed by atoms with Crippen molar-refractivity contribution in [3.63, 3.8) is 0 Å². The van der Waals surface area contributed by atoms with E-state index < -0.39 is 8.07 Å². The number of amides is 1. The van der Waals surface area contributed by atoms with Crippen molar-refractivity contribution in [2.75, 3.05) is 39.4 Å². The predicted octanol–water partition coefficient (Wildman–Crippen LogP) is 7.37. The molecule has 2 fully saturated rings. The number of ether oxygens (including phenoxy) is 4. The Morgan fingerprint density at radius 3 is 2.41 bits per heavy atom. The molecule has 2 saturated heterocycles. The molecule has 0 saturated carbocycles. The van der Waals surface area contributed by atoms with Crippen molar-refractivity contribution >= 4 is 25.2 Å². The van der Waals surface area contributed by atoms with Crippen LogP contribution in [0.2, 0.25) is 25.7 Å². The number of hydrogen-bond acceptors (Lipinski definition) is 7. The summed E-state index contributed by atoms with van der Waals surface area (Å²) in [5.41, 5.74) is 4.10. The standard InChI is InChI=1S/C36H52N4O5Si/c1-34(2)12-10-26(11-13-34)30-18-27(28-19-35(23-42-3)14-15-36(20-28,45-35)24-43-4)8-9-31(30)39-33(41)32-38-29(21-37)22-40(32)25-44-16-17-46(5,6)7/h8-10,18,22,28H,11-17,19-20,23-25H2,1-7H3,(H,39,41)/t28?,35-,36+. The number of nitrogens with zero attached hydrogens (tertiary/aromatic N) is 3. The highest BCUT2D eigenvalue weighted by Crippen LogP contribution is 2.54. The van der Waals surface area contributed by atoms with Crippen LogP contribution >= 0.6 is 0 Å². The zero-order valence-corrected chi connectivity index (χ0v) is 29.8. The largest absolute Gasteiger partial charge is 0.382 e. The lowest BCUT2D eigenvalue weighted by molar-refractivity contribution is -0.184. The first-order chi connectivity index (χ1) is 21.8. The summed E-state index contributed by atoms with van der Waals surface area (Å²) in [5.74, 6) is 0.0849. The number of aromatic nitrogens is 2. The average molecular weight is 649 g/mol. The molecule has 2 aliphatic heterocycles. The number of nitriles is 1. The third kappa shape index (κ3) is 8.00. The number of imidazole rings is 1. The summed E-state index contributed by atoms with van der Waals surface area (Å²) in [4.78, 5) is 18.1. The van der Waals surface area contributed by atoms with Gasteiger partial charge in [-0.25, -0.2) is 4.98 Å². The second-order valence-electron chi connectivity index (χ2n) is 15.7. The highest BCUT2D eigenvalue weighted by molar-refractivity contribution is 6.76. The van der Waals surface area contributed by atoms with Gasteiger partial charge in [-0.1, -0.05) is 45.6 Å². The summed E-state index contributed by atoms with van der Waals surface area (Å²) in [5, 5.41) is 12.7. The smallest absolute Gasteiger partial charge is 0.291 e. The lowest BCUT2D eigenvalue weighted by atomic mass is 9.75. The maximum atomic E-state index is 13.8. The fourth-order valence-corrected chi connectivity index (χ4v) is 8.09. The van der Waals surface area contributed by atoms with Crippen LogP contribution in [0.4, 0.5) is 5.69 Å². The molecule has 1 unspecified atom stereocenters. The van der Waals surface area contributed by atoms with E-state index in [1.54, 1.807) is 25.0 Å². The molecule has 3 atom stereocenters. The van der Waals surface area contributed by atoms with E-state index in [1.807, 2.05) is 6.07 Å².